The Morgan fingerprint density at radius 2 is 1.79 bits per heavy atom. The van der Waals surface area contributed by atoms with Gasteiger partial charge in [-0.25, -0.2) is 0 Å². The van der Waals surface area contributed by atoms with Crippen LogP contribution in [0.3, 0.4) is 0 Å². The molecular weight excluding hydrogens is 328 g/mol. The molecule has 3 rings (SSSR count). The molecule has 2 aliphatic rings. The van der Waals surface area contributed by atoms with Crippen molar-refractivity contribution in [1.82, 2.24) is 5.32 Å². The van der Waals surface area contributed by atoms with E-state index in [1.165, 1.54) is 0 Å². The van der Waals surface area contributed by atoms with E-state index < -0.39 is 0 Å². The maximum atomic E-state index is 12.2. The number of ether oxygens (including phenoxy) is 1. The quantitative estimate of drug-likeness (QED) is 0.777. The number of aliphatic hydroxyl groups is 1. The number of hydrogen-bond donors (Lipinski definition) is 3. The van der Waals surface area contributed by atoms with Crippen molar-refractivity contribution in [2.45, 2.75) is 63.2 Å². The molecule has 3 N–H and O–H groups in total. The first kappa shape index (κ1) is 19.0. The summed E-state index contributed by atoms with van der Waals surface area (Å²) in [5.41, 5.74) is 0.777. The van der Waals surface area contributed by atoms with Crippen molar-refractivity contribution in [3.8, 4) is 5.75 Å². The third-order valence-corrected chi connectivity index (χ3v) is 4.70. The number of benzene rings is 1. The fourth-order valence-electron chi connectivity index (χ4n) is 3.31. The van der Waals surface area contributed by atoms with Gasteiger partial charge in [0.15, 0.2) is 0 Å². The normalized spacial score (nSPS) is 27.0. The molecule has 3 atom stereocenters. The lowest BCUT2D eigenvalue weighted by Crippen LogP contribution is -2.43. The third kappa shape index (κ3) is 5.10. The molecule has 0 spiro atoms. The van der Waals surface area contributed by atoms with Gasteiger partial charge in [-0.15, -0.1) is 12.4 Å². The molecule has 1 amide bonds. The van der Waals surface area contributed by atoms with E-state index >= 15 is 0 Å². The molecule has 1 saturated heterocycles. The van der Waals surface area contributed by atoms with E-state index in [0.717, 1.165) is 62.9 Å². The Labute approximate surface area is 149 Å². The van der Waals surface area contributed by atoms with Crippen molar-refractivity contribution >= 4 is 24.0 Å². The van der Waals surface area contributed by atoms with Gasteiger partial charge in [-0.2, -0.15) is 0 Å². The van der Waals surface area contributed by atoms with Gasteiger partial charge in [0.25, 0.3) is 0 Å². The van der Waals surface area contributed by atoms with Gasteiger partial charge >= 0.3 is 0 Å². The number of rotatable bonds is 4. The third-order valence-electron chi connectivity index (χ3n) is 4.70. The van der Waals surface area contributed by atoms with E-state index in [2.05, 4.69) is 10.6 Å². The highest BCUT2D eigenvalue weighted by molar-refractivity contribution is 5.94. The van der Waals surface area contributed by atoms with E-state index in [1.807, 2.05) is 24.3 Å². The number of halogens is 1. The lowest BCUT2D eigenvalue weighted by atomic mass is 9.95. The maximum Gasteiger partial charge on any atom is 0.241 e. The van der Waals surface area contributed by atoms with Crippen molar-refractivity contribution < 1.29 is 14.6 Å². The van der Waals surface area contributed by atoms with Crippen LogP contribution in [0.25, 0.3) is 0 Å². The summed E-state index contributed by atoms with van der Waals surface area (Å²) < 4.78 is 5.87. The maximum absolute atomic E-state index is 12.2. The molecule has 1 heterocycles. The molecule has 6 heteroatoms. The molecule has 0 aromatic heterocycles. The highest BCUT2D eigenvalue weighted by Crippen LogP contribution is 2.25. The second kappa shape index (κ2) is 9.25. The fraction of sp³-hybridized carbons (Fsp3) is 0.611. The van der Waals surface area contributed by atoms with Crippen LogP contribution in [0.4, 0.5) is 5.69 Å². The average molecular weight is 355 g/mol. The summed E-state index contributed by atoms with van der Waals surface area (Å²) >= 11 is 0. The van der Waals surface area contributed by atoms with Gasteiger partial charge in [0, 0.05) is 5.69 Å². The van der Waals surface area contributed by atoms with Crippen LogP contribution in [0.1, 0.15) is 44.9 Å². The molecule has 0 bridgehead atoms. The minimum atomic E-state index is -0.375. The standard InChI is InChI=1S/C18H26N2O3.ClH/c21-16-6-1-2-7-17(16)23-14-10-8-13(9-11-14)20-18(22)15-5-3-4-12-19-15;/h8-11,15-17,19,21H,1-7,12H2,(H,20,22);1H/t15-,16?,17?;/m1./s1. The molecule has 5 nitrogen and oxygen atoms in total. The average Bonchev–Trinajstić information content (AvgIpc) is 2.59. The molecular formula is C18H27ClN2O3. The largest absolute Gasteiger partial charge is 0.488 e. The van der Waals surface area contributed by atoms with E-state index in [1.54, 1.807) is 0 Å². The van der Waals surface area contributed by atoms with Crippen LogP contribution >= 0.6 is 12.4 Å². The van der Waals surface area contributed by atoms with E-state index in [9.17, 15) is 9.90 Å². The number of aliphatic hydroxyl groups excluding tert-OH is 1. The van der Waals surface area contributed by atoms with E-state index in [0.29, 0.717) is 0 Å². The van der Waals surface area contributed by atoms with Crippen LogP contribution in [0.2, 0.25) is 0 Å². The summed E-state index contributed by atoms with van der Waals surface area (Å²) in [6.45, 7) is 0.911. The zero-order chi connectivity index (χ0) is 16.1. The Balaban J connectivity index is 0.00000208. The van der Waals surface area contributed by atoms with Crippen LogP contribution in [-0.2, 0) is 4.79 Å². The minimum absolute atomic E-state index is 0. The van der Waals surface area contributed by atoms with Gasteiger partial charge < -0.3 is 20.5 Å². The molecule has 1 saturated carbocycles. The van der Waals surface area contributed by atoms with Crippen molar-refractivity contribution in [3.63, 3.8) is 0 Å². The second-order valence-corrected chi connectivity index (χ2v) is 6.52. The van der Waals surface area contributed by atoms with E-state index in [4.69, 9.17) is 4.74 Å². The van der Waals surface area contributed by atoms with Crippen LogP contribution < -0.4 is 15.4 Å². The predicted octanol–water partition coefficient (Wildman–Crippen LogP) is 2.87. The molecule has 1 aliphatic carbocycles. The SMILES string of the molecule is Cl.O=C(Nc1ccc(OC2CCCCC2O)cc1)[C@H]1CCCCN1. The van der Waals surface area contributed by atoms with Gasteiger partial charge in [0.1, 0.15) is 11.9 Å². The highest BCUT2D eigenvalue weighted by atomic mass is 35.5. The molecule has 1 aromatic rings. The van der Waals surface area contributed by atoms with Crippen molar-refractivity contribution in [2.75, 3.05) is 11.9 Å². The van der Waals surface area contributed by atoms with Crippen LogP contribution in [0.5, 0.6) is 5.75 Å². The summed E-state index contributed by atoms with van der Waals surface area (Å²) in [6.07, 6.45) is 6.53. The first-order chi connectivity index (χ1) is 11.2. The summed E-state index contributed by atoms with van der Waals surface area (Å²) in [7, 11) is 0. The Bertz CT molecular complexity index is 518. The Morgan fingerprint density at radius 1 is 1.08 bits per heavy atom. The van der Waals surface area contributed by atoms with Gasteiger partial charge in [-0.05, 0) is 62.9 Å². The molecule has 134 valence electrons. The van der Waals surface area contributed by atoms with E-state index in [-0.39, 0.29) is 36.6 Å². The van der Waals surface area contributed by atoms with Crippen LogP contribution in [-0.4, -0.2) is 35.8 Å². The molecule has 24 heavy (non-hydrogen) atoms. The molecule has 2 unspecified atom stereocenters. The lowest BCUT2D eigenvalue weighted by molar-refractivity contribution is -0.118. The molecule has 0 radical (unpaired) electrons. The van der Waals surface area contributed by atoms with Crippen molar-refractivity contribution in [3.05, 3.63) is 24.3 Å². The summed E-state index contributed by atoms with van der Waals surface area (Å²) in [6, 6.07) is 7.32. The first-order valence-electron chi connectivity index (χ1n) is 8.71. The van der Waals surface area contributed by atoms with Crippen LogP contribution in [0, 0.1) is 0 Å². The number of nitrogens with one attached hydrogen (secondary N) is 2. The number of piperidine rings is 1. The van der Waals surface area contributed by atoms with Gasteiger partial charge in [0.2, 0.25) is 5.91 Å². The Hall–Kier alpha value is -1.30. The lowest BCUT2D eigenvalue weighted by Gasteiger charge is -2.28. The summed E-state index contributed by atoms with van der Waals surface area (Å²) in [5.74, 6) is 0.769. The molecule has 1 aliphatic heterocycles. The Morgan fingerprint density at radius 3 is 2.46 bits per heavy atom. The number of carbonyl (C=O) groups is 1. The highest BCUT2D eigenvalue weighted by Gasteiger charge is 2.24. The smallest absolute Gasteiger partial charge is 0.241 e. The fourth-order valence-corrected chi connectivity index (χ4v) is 3.31. The zero-order valence-electron chi connectivity index (χ0n) is 13.9. The number of carbonyl (C=O) groups excluding carboxylic acids is 1. The van der Waals surface area contributed by atoms with Gasteiger partial charge in [0.05, 0.1) is 12.1 Å². The van der Waals surface area contributed by atoms with Crippen LogP contribution in [0.15, 0.2) is 24.3 Å². The van der Waals surface area contributed by atoms with Crippen molar-refractivity contribution in [2.24, 2.45) is 0 Å². The minimum Gasteiger partial charge on any atom is -0.488 e. The number of anilines is 1. The topological polar surface area (TPSA) is 70.6 Å². The molecule has 1 aromatic carbocycles. The monoisotopic (exact) mass is 354 g/mol. The van der Waals surface area contributed by atoms with Crippen molar-refractivity contribution in [1.29, 1.82) is 0 Å². The number of amides is 1. The summed E-state index contributed by atoms with van der Waals surface area (Å²) in [5, 5.41) is 16.1. The predicted molar refractivity (Wildman–Crippen MR) is 96.9 cm³/mol. The zero-order valence-corrected chi connectivity index (χ0v) is 14.7. The molecule has 2 fully saturated rings. The first-order valence-corrected chi connectivity index (χ1v) is 8.71. The Kier molecular flexibility index (Phi) is 7.34. The van der Waals surface area contributed by atoms with Gasteiger partial charge in [-0.1, -0.05) is 12.8 Å². The summed E-state index contributed by atoms with van der Waals surface area (Å²) in [4.78, 5) is 12.2. The second-order valence-electron chi connectivity index (χ2n) is 6.52. The van der Waals surface area contributed by atoms with Gasteiger partial charge in [-0.3, -0.25) is 4.79 Å². The number of hydrogen-bond acceptors (Lipinski definition) is 4.